The second-order valence-electron chi connectivity index (χ2n) is 5.94. The van der Waals surface area contributed by atoms with Gasteiger partial charge in [0.25, 0.3) is 0 Å². The van der Waals surface area contributed by atoms with Gasteiger partial charge in [0.15, 0.2) is 0 Å². The zero-order valence-electron chi connectivity index (χ0n) is 14.0. The number of aromatic nitrogens is 1. The van der Waals surface area contributed by atoms with Gasteiger partial charge in [0.2, 0.25) is 5.91 Å². The van der Waals surface area contributed by atoms with Crippen LogP contribution in [0.5, 0.6) is 5.75 Å². The molecule has 0 bridgehead atoms. The number of hydrogen-bond donors (Lipinski definition) is 2. The van der Waals surface area contributed by atoms with Crippen LogP contribution >= 0.6 is 0 Å². The van der Waals surface area contributed by atoms with Gasteiger partial charge < -0.3 is 14.8 Å². The molecule has 2 aromatic heterocycles. The number of pyridine rings is 1. The standard InChI is InChI=1S/C19H18N2O4/c1-11-3-7-17(20-10-11)21-18(23)8-6-15-12(2)14-5-4-13(22)9-16(14)25-19(15)24/h3-5,7,9-10,22H,6,8H2,1-2H3,(H,20,21,23). The van der Waals surface area contributed by atoms with Crippen LogP contribution in [0.15, 0.2) is 45.7 Å². The Morgan fingerprint density at radius 2 is 2.04 bits per heavy atom. The van der Waals surface area contributed by atoms with Gasteiger partial charge in [-0.1, -0.05) is 6.07 Å². The molecule has 2 N–H and O–H groups in total. The Morgan fingerprint density at radius 3 is 2.76 bits per heavy atom. The van der Waals surface area contributed by atoms with E-state index in [9.17, 15) is 14.7 Å². The van der Waals surface area contributed by atoms with Crippen LogP contribution < -0.4 is 10.9 Å². The number of phenols is 1. The van der Waals surface area contributed by atoms with Crippen molar-refractivity contribution in [2.24, 2.45) is 0 Å². The molecule has 0 saturated carbocycles. The third-order valence-corrected chi connectivity index (χ3v) is 4.05. The molecule has 0 aliphatic heterocycles. The molecule has 25 heavy (non-hydrogen) atoms. The zero-order chi connectivity index (χ0) is 18.0. The van der Waals surface area contributed by atoms with E-state index in [1.807, 2.05) is 19.9 Å². The fourth-order valence-electron chi connectivity index (χ4n) is 2.66. The number of hydrogen-bond acceptors (Lipinski definition) is 5. The second-order valence-corrected chi connectivity index (χ2v) is 5.94. The molecule has 0 aliphatic rings. The number of fused-ring (bicyclic) bond motifs is 1. The number of aromatic hydroxyl groups is 1. The predicted molar refractivity (Wildman–Crippen MR) is 94.8 cm³/mol. The first-order valence-electron chi connectivity index (χ1n) is 7.92. The first-order chi connectivity index (χ1) is 11.9. The third kappa shape index (κ3) is 3.68. The molecule has 1 aromatic carbocycles. The van der Waals surface area contributed by atoms with E-state index in [-0.39, 0.29) is 24.5 Å². The summed E-state index contributed by atoms with van der Waals surface area (Å²) in [7, 11) is 0. The van der Waals surface area contributed by atoms with E-state index < -0.39 is 5.63 Å². The number of benzene rings is 1. The number of amides is 1. The number of nitrogens with one attached hydrogen (secondary N) is 1. The molecule has 2 heterocycles. The lowest BCUT2D eigenvalue weighted by Crippen LogP contribution is -2.17. The molecule has 0 atom stereocenters. The van der Waals surface area contributed by atoms with E-state index in [4.69, 9.17) is 4.42 Å². The Kier molecular flexibility index (Phi) is 4.52. The van der Waals surface area contributed by atoms with Crippen molar-refractivity contribution in [3.8, 4) is 5.75 Å². The molecule has 0 aliphatic carbocycles. The van der Waals surface area contributed by atoms with Gasteiger partial charge in [0.05, 0.1) is 0 Å². The van der Waals surface area contributed by atoms with Gasteiger partial charge in [-0.15, -0.1) is 0 Å². The smallest absolute Gasteiger partial charge is 0.339 e. The van der Waals surface area contributed by atoms with Crippen LogP contribution in [0.2, 0.25) is 0 Å². The van der Waals surface area contributed by atoms with E-state index >= 15 is 0 Å². The summed E-state index contributed by atoms with van der Waals surface area (Å²) in [6.45, 7) is 3.73. The van der Waals surface area contributed by atoms with Crippen LogP contribution in [0.1, 0.15) is 23.1 Å². The normalized spacial score (nSPS) is 10.8. The third-order valence-electron chi connectivity index (χ3n) is 4.05. The Bertz CT molecular complexity index is 991. The molecule has 1 amide bonds. The van der Waals surface area contributed by atoms with Crippen LogP contribution in [0, 0.1) is 13.8 Å². The first kappa shape index (κ1) is 16.7. The topological polar surface area (TPSA) is 92.4 Å². The first-order valence-corrected chi connectivity index (χ1v) is 7.92. The van der Waals surface area contributed by atoms with Crippen LogP contribution in [-0.4, -0.2) is 16.0 Å². The van der Waals surface area contributed by atoms with Gasteiger partial charge in [-0.3, -0.25) is 4.79 Å². The van der Waals surface area contributed by atoms with Crippen molar-refractivity contribution in [3.63, 3.8) is 0 Å². The van der Waals surface area contributed by atoms with E-state index in [0.29, 0.717) is 17.0 Å². The highest BCUT2D eigenvalue weighted by atomic mass is 16.4. The van der Waals surface area contributed by atoms with Crippen molar-refractivity contribution in [2.75, 3.05) is 5.32 Å². The summed E-state index contributed by atoms with van der Waals surface area (Å²) in [5.41, 5.74) is 2.07. The van der Waals surface area contributed by atoms with Gasteiger partial charge in [-0.05, 0) is 49.6 Å². The van der Waals surface area contributed by atoms with Crippen LogP contribution in [0.4, 0.5) is 5.82 Å². The number of phenolic OH excluding ortho intramolecular Hbond substituents is 1. The van der Waals surface area contributed by atoms with Gasteiger partial charge in [-0.25, -0.2) is 9.78 Å². The van der Waals surface area contributed by atoms with Gasteiger partial charge in [-0.2, -0.15) is 0 Å². The van der Waals surface area contributed by atoms with Crippen molar-refractivity contribution in [1.29, 1.82) is 0 Å². The predicted octanol–water partition coefficient (Wildman–Crippen LogP) is 3.08. The highest BCUT2D eigenvalue weighted by Gasteiger charge is 2.13. The summed E-state index contributed by atoms with van der Waals surface area (Å²) in [5, 5.41) is 12.9. The number of rotatable bonds is 4. The second kappa shape index (κ2) is 6.76. The Hall–Kier alpha value is -3.15. The zero-order valence-corrected chi connectivity index (χ0v) is 14.0. The maximum absolute atomic E-state index is 12.2. The Balaban J connectivity index is 1.76. The summed E-state index contributed by atoms with van der Waals surface area (Å²) in [6, 6.07) is 8.23. The molecule has 3 aromatic rings. The molecular formula is C19H18N2O4. The number of anilines is 1. The highest BCUT2D eigenvalue weighted by Crippen LogP contribution is 2.23. The van der Waals surface area contributed by atoms with Crippen LogP contribution in [-0.2, 0) is 11.2 Å². The van der Waals surface area contributed by atoms with E-state index in [1.54, 1.807) is 18.3 Å². The monoisotopic (exact) mass is 338 g/mol. The van der Waals surface area contributed by atoms with Crippen molar-refractivity contribution in [2.45, 2.75) is 26.7 Å². The van der Waals surface area contributed by atoms with E-state index in [2.05, 4.69) is 10.3 Å². The number of nitrogens with zero attached hydrogens (tertiary/aromatic N) is 1. The molecule has 3 rings (SSSR count). The van der Waals surface area contributed by atoms with Gasteiger partial charge >= 0.3 is 5.63 Å². The maximum Gasteiger partial charge on any atom is 0.339 e. The minimum atomic E-state index is -0.489. The summed E-state index contributed by atoms with van der Waals surface area (Å²) in [6.07, 6.45) is 2.08. The summed E-state index contributed by atoms with van der Waals surface area (Å²) in [5.74, 6) is 0.294. The van der Waals surface area contributed by atoms with Crippen LogP contribution in [0.3, 0.4) is 0 Å². The summed E-state index contributed by atoms with van der Waals surface area (Å²) >= 11 is 0. The molecular weight excluding hydrogens is 320 g/mol. The lowest BCUT2D eigenvalue weighted by Gasteiger charge is -2.08. The summed E-state index contributed by atoms with van der Waals surface area (Å²) in [4.78, 5) is 28.4. The molecule has 0 saturated heterocycles. The Labute approximate surface area is 144 Å². The van der Waals surface area contributed by atoms with Crippen molar-refractivity contribution in [3.05, 3.63) is 63.6 Å². The molecule has 6 nitrogen and oxygen atoms in total. The molecule has 0 unspecified atom stereocenters. The van der Waals surface area contributed by atoms with Crippen molar-refractivity contribution < 1.29 is 14.3 Å². The van der Waals surface area contributed by atoms with E-state index in [0.717, 1.165) is 16.5 Å². The molecule has 0 fully saturated rings. The van der Waals surface area contributed by atoms with E-state index in [1.165, 1.54) is 12.1 Å². The van der Waals surface area contributed by atoms with Gasteiger partial charge in [0, 0.05) is 29.6 Å². The fourth-order valence-corrected chi connectivity index (χ4v) is 2.66. The average molecular weight is 338 g/mol. The molecule has 0 spiro atoms. The highest BCUT2D eigenvalue weighted by molar-refractivity contribution is 5.90. The lowest BCUT2D eigenvalue weighted by molar-refractivity contribution is -0.116. The minimum Gasteiger partial charge on any atom is -0.508 e. The Morgan fingerprint density at radius 1 is 1.24 bits per heavy atom. The lowest BCUT2D eigenvalue weighted by atomic mass is 10.0. The maximum atomic E-state index is 12.2. The number of carbonyl (C=O) groups excluding carboxylic acids is 1. The minimum absolute atomic E-state index is 0.0350. The number of carbonyl (C=O) groups is 1. The molecule has 0 radical (unpaired) electrons. The van der Waals surface area contributed by atoms with Crippen molar-refractivity contribution in [1.82, 2.24) is 4.98 Å². The SMILES string of the molecule is Cc1ccc(NC(=O)CCc2c(C)c3ccc(O)cc3oc2=O)nc1. The van der Waals surface area contributed by atoms with Gasteiger partial charge in [0.1, 0.15) is 17.2 Å². The number of aryl methyl sites for hydroxylation is 2. The largest absolute Gasteiger partial charge is 0.508 e. The average Bonchev–Trinajstić information content (AvgIpc) is 2.56. The molecule has 128 valence electrons. The fraction of sp³-hybridized carbons (Fsp3) is 0.211. The van der Waals surface area contributed by atoms with Crippen molar-refractivity contribution >= 4 is 22.7 Å². The van der Waals surface area contributed by atoms with Crippen LogP contribution in [0.25, 0.3) is 11.0 Å². The quantitative estimate of drug-likeness (QED) is 0.713. The molecule has 6 heteroatoms. The summed E-state index contributed by atoms with van der Waals surface area (Å²) < 4.78 is 5.26.